The largest absolute Gasteiger partial charge is 0.310 e. The molecule has 0 atom stereocenters. The molecule has 0 saturated carbocycles. The highest BCUT2D eigenvalue weighted by atomic mass is 15.2. The van der Waals surface area contributed by atoms with E-state index >= 15 is 0 Å². The fourth-order valence-corrected chi connectivity index (χ4v) is 16.1. The van der Waals surface area contributed by atoms with Gasteiger partial charge in [-0.3, -0.25) is 0 Å². The van der Waals surface area contributed by atoms with Crippen LogP contribution in [-0.4, -0.2) is 25.0 Å². The van der Waals surface area contributed by atoms with Gasteiger partial charge < -0.3 is 28.1 Å². The van der Waals surface area contributed by atoms with Gasteiger partial charge in [0.1, 0.15) is 11.6 Å². The molecule has 103 heavy (non-hydrogen) atoms. The Morgan fingerprint density at radius 2 is 0.689 bits per heavy atom. The van der Waals surface area contributed by atoms with E-state index in [1.165, 1.54) is 13.7 Å². The first-order chi connectivity index (χ1) is 60.7. The van der Waals surface area contributed by atoms with Gasteiger partial charge in [0.15, 0.2) is 0 Å². The van der Waals surface area contributed by atoms with E-state index in [0.717, 1.165) is 16.3 Å². The number of nitriles is 1. The maximum absolute atomic E-state index is 12.7. The van der Waals surface area contributed by atoms with Gasteiger partial charge >= 0.3 is 0 Å². The molecule has 0 bridgehead atoms. The number of rotatable bonds is 8. The predicted molar refractivity (Wildman–Crippen MR) is 432 cm³/mol. The Morgan fingerprint density at radius 1 is 0.320 bits per heavy atom. The van der Waals surface area contributed by atoms with Crippen molar-refractivity contribution in [1.29, 1.82) is 5.26 Å². The van der Waals surface area contributed by atoms with E-state index in [9.17, 15) is 32.7 Å². The van der Waals surface area contributed by atoms with Crippen LogP contribution >= 0.6 is 0 Å². The van der Waals surface area contributed by atoms with Gasteiger partial charge in [-0.05, 0) is 148 Å². The van der Waals surface area contributed by atoms with Crippen LogP contribution in [0.2, 0.25) is 0 Å². The fraction of sp³-hybridized carbons (Fsp3) is 0.0421. The third-order valence-corrected chi connectivity index (χ3v) is 20.5. The highest BCUT2D eigenvalue weighted by Crippen LogP contribution is 2.54. The summed E-state index contributed by atoms with van der Waals surface area (Å²) in [6.45, 7) is 5.13. The van der Waals surface area contributed by atoms with Gasteiger partial charge in [0.25, 0.3) is 6.71 Å². The number of anilines is 6. The lowest BCUT2D eigenvalue weighted by atomic mass is 9.33. The summed E-state index contributed by atoms with van der Waals surface area (Å²) in [7, 11) is 0. The zero-order valence-corrected chi connectivity index (χ0v) is 55.1. The minimum atomic E-state index is -1.13. The van der Waals surface area contributed by atoms with Gasteiger partial charge in [-0.2, -0.15) is 5.26 Å². The molecule has 2 aliphatic heterocycles. The third-order valence-electron chi connectivity index (χ3n) is 20.5. The molecule has 0 aliphatic carbocycles. The monoisotopic (exact) mass is 1340 g/mol. The molecular weight excluding hydrogens is 1250 g/mol. The van der Waals surface area contributed by atoms with Gasteiger partial charge in [0, 0.05) is 88.3 Å². The maximum atomic E-state index is 12.7. The van der Waals surface area contributed by atoms with Crippen molar-refractivity contribution in [3.63, 3.8) is 0 Å². The standard InChI is InChI=1S/C95H64BN7/c1-95(2,3)62-53-74(60-27-6-4-7-28-60)94(75(54-62)61-29-8-5-9-30-61)103-90-56-64(99-81-41-20-12-33-68(81)69-34-13-21-42-82(69)99)50-52-78(90)96-77-51-49-63(98-79-39-18-10-31-66(79)67-32-11-19-40-80(67)98)55-89(77)102(88-48-26-47-87(76(88)59-97)101-85-45-24-16-37-72(85)73-38-17-25-46-86(73)101)91-57-65(58-92(103)93(91)96)100-83-43-22-14-35-70(83)71-36-15-23-44-84(71)100/h4-58H,1-3H3/i10D,11D,12D,13D,14D,15D,18D,19D,20D,21D,22D,23D,31D,32D,33D,34D,35D,36D,39D,40D,41D,42D,43D,44D. The molecule has 0 unspecified atom stereocenters. The lowest BCUT2D eigenvalue weighted by Gasteiger charge is -2.45. The van der Waals surface area contributed by atoms with Gasteiger partial charge in [-0.25, -0.2) is 0 Å². The second kappa shape index (κ2) is 22.3. The van der Waals surface area contributed by atoms with Crippen molar-refractivity contribution < 1.29 is 32.9 Å². The summed E-state index contributed by atoms with van der Waals surface area (Å²) in [5.41, 5.74) is 6.47. The van der Waals surface area contributed by atoms with Crippen LogP contribution in [0.4, 0.5) is 34.1 Å². The molecule has 0 N–H and O–H groups in total. The highest BCUT2D eigenvalue weighted by molar-refractivity contribution is 7.00. The Kier molecular flexibility index (Phi) is 8.55. The highest BCUT2D eigenvalue weighted by Gasteiger charge is 2.46. The molecule has 482 valence electrons. The van der Waals surface area contributed by atoms with E-state index in [0.29, 0.717) is 66.7 Å². The summed E-state index contributed by atoms with van der Waals surface area (Å²) in [4.78, 5) is 3.85. The molecule has 2 aliphatic rings. The number of aromatic nitrogens is 4. The van der Waals surface area contributed by atoms with Crippen molar-refractivity contribution in [1.82, 2.24) is 18.3 Å². The summed E-state index contributed by atoms with van der Waals surface area (Å²) in [5, 5.41) is 13.0. The number of fused-ring (bicyclic) bond motifs is 16. The normalized spacial score (nSPS) is 16.0. The molecule has 8 heteroatoms. The Balaban J connectivity index is 1.02. The zero-order valence-electron chi connectivity index (χ0n) is 79.1. The lowest BCUT2D eigenvalue weighted by molar-refractivity contribution is 0.591. The Labute approximate surface area is 629 Å². The van der Waals surface area contributed by atoms with Crippen molar-refractivity contribution in [3.05, 3.63) is 344 Å². The third kappa shape index (κ3) is 8.57. The van der Waals surface area contributed by atoms with Crippen LogP contribution in [0.15, 0.2) is 333 Å². The molecule has 4 aromatic heterocycles. The van der Waals surface area contributed by atoms with Crippen LogP contribution in [0.5, 0.6) is 0 Å². The van der Waals surface area contributed by atoms with Crippen molar-refractivity contribution in [3.8, 4) is 51.1 Å². The van der Waals surface area contributed by atoms with E-state index in [4.69, 9.17) is 5.48 Å². The SMILES string of the molecule is [2H]c1c([2H])c([2H])c2c(c1[2H])c1c([2H])c([2H])c([2H])c([2H])c1n2-c1ccc2c(c1)N(c1cccc(-n3c4ccccc4c4ccccc43)c1C#N)c1cc(-n3c4c([2H])c([2H])c([2H])c([2H])c4c4c([2H])c([2H])c([2H])c([2H])c43)cc3c1B2c1ccc(-n2c4c([2H])c([2H])c([2H])c([2H])c4c4c([2H])c([2H])c([2H])c([2H])c42)cc1N3c1c(-c2ccccc2)cc(C(C)(C)C)cc1-c1ccccc1. The van der Waals surface area contributed by atoms with Crippen LogP contribution in [-0.2, 0) is 5.41 Å². The quantitative estimate of drug-likeness (QED) is 0.142. The summed E-state index contributed by atoms with van der Waals surface area (Å²) >= 11 is 0. The van der Waals surface area contributed by atoms with Crippen LogP contribution in [0.3, 0.4) is 0 Å². The number of benzene rings is 15. The van der Waals surface area contributed by atoms with Gasteiger partial charge in [0.05, 0.1) is 99.8 Å². The lowest BCUT2D eigenvalue weighted by Crippen LogP contribution is -2.61. The van der Waals surface area contributed by atoms with Gasteiger partial charge in [-0.15, -0.1) is 0 Å². The minimum Gasteiger partial charge on any atom is -0.310 e. The van der Waals surface area contributed by atoms with Crippen LogP contribution in [0.1, 0.15) is 64.8 Å². The van der Waals surface area contributed by atoms with Crippen molar-refractivity contribution in [2.75, 3.05) is 9.80 Å². The summed E-state index contributed by atoms with van der Waals surface area (Å²) in [5.74, 6) is 0. The van der Waals surface area contributed by atoms with Crippen molar-refractivity contribution >= 4 is 144 Å². The summed E-state index contributed by atoms with van der Waals surface area (Å²) < 4.78 is 236. The Bertz CT molecular complexity index is 8010. The predicted octanol–water partition coefficient (Wildman–Crippen LogP) is 22.7. The maximum Gasteiger partial charge on any atom is 0.252 e. The average Bonchev–Trinajstić information content (AvgIpc) is 1.57. The van der Waals surface area contributed by atoms with Crippen LogP contribution in [0.25, 0.3) is 132 Å². The summed E-state index contributed by atoms with van der Waals surface area (Å²) in [6, 6.07) is 45.3. The topological polar surface area (TPSA) is 50.0 Å². The van der Waals surface area contributed by atoms with Crippen molar-refractivity contribution in [2.24, 2.45) is 0 Å². The Morgan fingerprint density at radius 3 is 1.12 bits per heavy atom. The molecule has 6 heterocycles. The first-order valence-corrected chi connectivity index (χ1v) is 33.6. The number of para-hydroxylation sites is 8. The van der Waals surface area contributed by atoms with E-state index in [1.807, 2.05) is 136 Å². The van der Waals surface area contributed by atoms with Crippen molar-refractivity contribution in [2.45, 2.75) is 26.2 Å². The fourth-order valence-electron chi connectivity index (χ4n) is 16.1. The van der Waals surface area contributed by atoms with Gasteiger partial charge in [0.2, 0.25) is 0 Å². The van der Waals surface area contributed by atoms with E-state index in [-0.39, 0.29) is 111 Å². The van der Waals surface area contributed by atoms with E-state index in [1.54, 1.807) is 54.6 Å². The van der Waals surface area contributed by atoms with E-state index < -0.39 is 157 Å². The molecule has 15 aromatic carbocycles. The first kappa shape index (κ1) is 39.4. The molecule has 0 saturated heterocycles. The molecular formula is C95H64BN7. The summed E-state index contributed by atoms with van der Waals surface area (Å²) in [6.07, 6.45) is 0. The second-order valence-electron chi connectivity index (χ2n) is 26.9. The van der Waals surface area contributed by atoms with Gasteiger partial charge in [-0.1, -0.05) is 245 Å². The van der Waals surface area contributed by atoms with Crippen LogP contribution < -0.4 is 26.2 Å². The smallest absolute Gasteiger partial charge is 0.252 e. The molecule has 7 nitrogen and oxygen atoms in total. The molecule has 21 rings (SSSR count). The zero-order chi connectivity index (χ0) is 89.2. The average molecular weight is 1340 g/mol. The molecule has 19 aromatic rings. The van der Waals surface area contributed by atoms with Crippen LogP contribution in [0, 0.1) is 11.3 Å². The Hall–Kier alpha value is -13.3. The molecule has 0 amide bonds. The minimum absolute atomic E-state index is 0.00792. The number of hydrogen-bond acceptors (Lipinski definition) is 3. The molecule has 0 radical (unpaired) electrons. The number of nitrogens with zero attached hydrogens (tertiary/aromatic N) is 7. The van der Waals surface area contributed by atoms with E-state index in [2.05, 4.69) is 39.0 Å². The molecule has 0 spiro atoms. The number of hydrogen-bond donors (Lipinski definition) is 0. The molecule has 0 fully saturated rings. The second-order valence-corrected chi connectivity index (χ2v) is 26.9. The first-order valence-electron chi connectivity index (χ1n) is 45.6.